The van der Waals surface area contributed by atoms with Crippen LogP contribution in [0.2, 0.25) is 0 Å². The van der Waals surface area contributed by atoms with Crippen LogP contribution in [0.25, 0.3) is 10.8 Å². The predicted octanol–water partition coefficient (Wildman–Crippen LogP) is 7.34. The first-order chi connectivity index (χ1) is 14.5. The fraction of sp³-hybridized carbons (Fsp3) is 0.600. The van der Waals surface area contributed by atoms with Crippen LogP contribution >= 0.6 is 0 Å². The van der Waals surface area contributed by atoms with Crippen LogP contribution in [0.4, 0.5) is 0 Å². The molecule has 1 N–H and O–H groups in total. The number of ether oxygens (including phenoxy) is 1. The summed E-state index contributed by atoms with van der Waals surface area (Å²) in [6.07, 6.45) is 16.9. The van der Waals surface area contributed by atoms with Crippen molar-refractivity contribution in [2.75, 3.05) is 7.11 Å². The maximum Gasteiger partial charge on any atom is 0.294 e. The number of hydrogen-bond acceptors (Lipinski definition) is 3. The van der Waals surface area contributed by atoms with E-state index in [9.17, 15) is 13.0 Å². The molecule has 0 atom stereocenters. The van der Waals surface area contributed by atoms with Crippen molar-refractivity contribution in [1.29, 1.82) is 0 Å². The van der Waals surface area contributed by atoms with E-state index in [1.807, 2.05) is 12.1 Å². The Hall–Kier alpha value is -1.59. The van der Waals surface area contributed by atoms with Gasteiger partial charge in [0.05, 0.1) is 12.0 Å². The summed E-state index contributed by atoms with van der Waals surface area (Å²) in [6.45, 7) is 2.26. The monoisotopic (exact) mass is 434 g/mol. The Morgan fingerprint density at radius 2 is 1.37 bits per heavy atom. The van der Waals surface area contributed by atoms with Crippen LogP contribution in [-0.4, -0.2) is 20.1 Å². The van der Waals surface area contributed by atoms with Gasteiger partial charge in [-0.25, -0.2) is 0 Å². The fourth-order valence-electron chi connectivity index (χ4n) is 4.08. The molecular formula is C25H38O4S. The van der Waals surface area contributed by atoms with Crippen LogP contribution in [0.3, 0.4) is 0 Å². The van der Waals surface area contributed by atoms with Crippen molar-refractivity contribution in [2.45, 2.75) is 95.3 Å². The lowest BCUT2D eigenvalue weighted by molar-refractivity contribution is 0.413. The van der Waals surface area contributed by atoms with E-state index >= 15 is 0 Å². The van der Waals surface area contributed by atoms with Crippen LogP contribution in [0.15, 0.2) is 35.2 Å². The van der Waals surface area contributed by atoms with E-state index in [1.54, 1.807) is 13.2 Å². The second kappa shape index (κ2) is 13.0. The first-order valence-electron chi connectivity index (χ1n) is 11.5. The molecule has 0 bridgehead atoms. The van der Waals surface area contributed by atoms with Crippen molar-refractivity contribution in [3.8, 4) is 5.75 Å². The van der Waals surface area contributed by atoms with Gasteiger partial charge in [-0.05, 0) is 42.0 Å². The Morgan fingerprint density at radius 1 is 0.800 bits per heavy atom. The van der Waals surface area contributed by atoms with Crippen LogP contribution in [-0.2, 0) is 16.5 Å². The van der Waals surface area contributed by atoms with Crippen LogP contribution in [0.5, 0.6) is 5.75 Å². The summed E-state index contributed by atoms with van der Waals surface area (Å²) >= 11 is 0. The lowest BCUT2D eigenvalue weighted by atomic mass is 10.00. The van der Waals surface area contributed by atoms with Gasteiger partial charge in [-0.1, -0.05) is 89.7 Å². The standard InChI is InChI=1S/C25H38O4S/c1-3-4-5-6-7-8-9-10-11-12-13-14-15-21-16-17-22-20-23(30(26,27)28)18-19-24(22)25(21)29-2/h16-20H,3-15H2,1-2H3,(H,26,27,28). The number of unbranched alkanes of at least 4 members (excludes halogenated alkanes) is 11. The highest BCUT2D eigenvalue weighted by molar-refractivity contribution is 7.85. The zero-order valence-corrected chi connectivity index (χ0v) is 19.5. The molecule has 0 heterocycles. The van der Waals surface area contributed by atoms with Gasteiger partial charge in [-0.2, -0.15) is 8.42 Å². The quantitative estimate of drug-likeness (QED) is 0.235. The van der Waals surface area contributed by atoms with Gasteiger partial charge in [0.1, 0.15) is 5.75 Å². The molecule has 0 saturated heterocycles. The van der Waals surface area contributed by atoms with Gasteiger partial charge in [-0.3, -0.25) is 4.55 Å². The Labute approximate surface area is 182 Å². The molecule has 2 aromatic carbocycles. The summed E-state index contributed by atoms with van der Waals surface area (Å²) in [6, 6.07) is 8.54. The third-order valence-electron chi connectivity index (χ3n) is 5.83. The highest BCUT2D eigenvalue weighted by Crippen LogP contribution is 2.32. The third-order valence-corrected chi connectivity index (χ3v) is 6.67. The first kappa shape index (κ1) is 24.7. The Bertz CT molecular complexity index is 874. The molecule has 4 nitrogen and oxygen atoms in total. The minimum absolute atomic E-state index is 0.0919. The summed E-state index contributed by atoms with van der Waals surface area (Å²) < 4.78 is 37.6. The van der Waals surface area contributed by atoms with E-state index in [1.165, 1.54) is 82.8 Å². The van der Waals surface area contributed by atoms with Crippen molar-refractivity contribution in [3.05, 3.63) is 35.9 Å². The van der Waals surface area contributed by atoms with E-state index in [0.29, 0.717) is 0 Å². The number of hydrogen-bond donors (Lipinski definition) is 1. The summed E-state index contributed by atoms with van der Waals surface area (Å²) in [5.41, 5.74) is 1.15. The van der Waals surface area contributed by atoms with Crippen molar-refractivity contribution in [3.63, 3.8) is 0 Å². The highest BCUT2D eigenvalue weighted by atomic mass is 32.2. The van der Waals surface area contributed by atoms with E-state index in [-0.39, 0.29) is 4.90 Å². The summed E-state index contributed by atoms with van der Waals surface area (Å²) in [5.74, 6) is 0.803. The number of benzene rings is 2. The average Bonchev–Trinajstić information content (AvgIpc) is 2.73. The zero-order valence-electron chi connectivity index (χ0n) is 18.7. The molecule has 2 rings (SSSR count). The highest BCUT2D eigenvalue weighted by Gasteiger charge is 2.13. The lowest BCUT2D eigenvalue weighted by Crippen LogP contribution is -1.99. The molecule has 0 aliphatic carbocycles. The molecule has 0 spiro atoms. The summed E-state index contributed by atoms with van der Waals surface area (Å²) in [5, 5.41) is 1.63. The molecule has 0 aliphatic rings. The van der Waals surface area contributed by atoms with Gasteiger partial charge in [0.15, 0.2) is 0 Å². The third kappa shape index (κ3) is 7.92. The van der Waals surface area contributed by atoms with E-state index in [0.717, 1.165) is 34.9 Å². The van der Waals surface area contributed by atoms with E-state index in [4.69, 9.17) is 4.74 Å². The van der Waals surface area contributed by atoms with Gasteiger partial charge >= 0.3 is 0 Å². The Balaban J connectivity index is 1.74. The number of aryl methyl sites for hydroxylation is 1. The molecule has 0 aromatic heterocycles. The SMILES string of the molecule is CCCCCCCCCCCCCCc1ccc2cc(S(=O)(=O)O)ccc2c1OC. The number of methoxy groups -OCH3 is 1. The van der Waals surface area contributed by atoms with Gasteiger partial charge in [0, 0.05) is 5.39 Å². The lowest BCUT2D eigenvalue weighted by Gasteiger charge is -2.12. The van der Waals surface area contributed by atoms with Gasteiger partial charge in [-0.15, -0.1) is 0 Å². The molecular weight excluding hydrogens is 396 g/mol. The average molecular weight is 435 g/mol. The second-order valence-corrected chi connectivity index (χ2v) is 9.68. The zero-order chi connectivity index (χ0) is 21.8. The minimum Gasteiger partial charge on any atom is -0.496 e. The maximum atomic E-state index is 11.4. The molecule has 0 radical (unpaired) electrons. The van der Waals surface area contributed by atoms with E-state index < -0.39 is 10.1 Å². The summed E-state index contributed by atoms with van der Waals surface area (Å²) in [4.78, 5) is -0.0919. The van der Waals surface area contributed by atoms with E-state index in [2.05, 4.69) is 6.92 Å². The topological polar surface area (TPSA) is 63.6 Å². The minimum atomic E-state index is -4.20. The second-order valence-electron chi connectivity index (χ2n) is 8.26. The van der Waals surface area contributed by atoms with Crippen LogP contribution < -0.4 is 4.74 Å². The predicted molar refractivity (Wildman–Crippen MR) is 125 cm³/mol. The molecule has 168 valence electrons. The van der Waals surface area contributed by atoms with Crippen molar-refractivity contribution in [1.82, 2.24) is 0 Å². The van der Waals surface area contributed by atoms with Crippen LogP contribution in [0.1, 0.15) is 89.5 Å². The molecule has 0 unspecified atom stereocenters. The smallest absolute Gasteiger partial charge is 0.294 e. The van der Waals surface area contributed by atoms with Crippen LogP contribution in [0, 0.1) is 0 Å². The normalized spacial score (nSPS) is 11.8. The molecule has 0 amide bonds. The molecule has 0 saturated carbocycles. The van der Waals surface area contributed by atoms with Gasteiger partial charge in [0.25, 0.3) is 10.1 Å². The van der Waals surface area contributed by atoms with Crippen molar-refractivity contribution >= 4 is 20.9 Å². The number of fused-ring (bicyclic) bond motifs is 1. The van der Waals surface area contributed by atoms with Gasteiger partial charge in [0.2, 0.25) is 0 Å². The first-order valence-corrected chi connectivity index (χ1v) is 13.0. The maximum absolute atomic E-state index is 11.4. The fourth-order valence-corrected chi connectivity index (χ4v) is 4.60. The van der Waals surface area contributed by atoms with Crippen molar-refractivity contribution < 1.29 is 17.7 Å². The van der Waals surface area contributed by atoms with Crippen molar-refractivity contribution in [2.24, 2.45) is 0 Å². The Morgan fingerprint density at radius 3 is 1.90 bits per heavy atom. The number of rotatable bonds is 15. The molecule has 0 fully saturated rings. The van der Waals surface area contributed by atoms with Gasteiger partial charge < -0.3 is 4.74 Å². The largest absolute Gasteiger partial charge is 0.496 e. The molecule has 0 aliphatic heterocycles. The summed E-state index contributed by atoms with van der Waals surface area (Å²) in [7, 11) is -2.55. The molecule has 2 aromatic rings. The Kier molecular flexibility index (Phi) is 10.7. The molecule has 30 heavy (non-hydrogen) atoms. The molecule has 5 heteroatoms.